The van der Waals surface area contributed by atoms with E-state index in [0.717, 1.165) is 28.7 Å². The molecule has 1 amide bonds. The minimum Gasteiger partial charge on any atom is -0.379 e. The third-order valence-corrected chi connectivity index (χ3v) is 5.57. The summed E-state index contributed by atoms with van der Waals surface area (Å²) in [5, 5.41) is 2.95. The molecule has 1 spiro atoms. The second kappa shape index (κ2) is 6.36. The number of Topliss-reactive ketones (excluding diaryl/α,β-unsaturated/α-hetero) is 1. The molecule has 4 heteroatoms. The predicted molar refractivity (Wildman–Crippen MR) is 100 cm³/mol. The van der Waals surface area contributed by atoms with E-state index >= 15 is 0 Å². The first-order valence-corrected chi connectivity index (χ1v) is 9.12. The number of carbonyl (C=O) groups is 2. The fourth-order valence-electron chi connectivity index (χ4n) is 4.01. The molecule has 1 N–H and O–H groups in total. The van der Waals surface area contributed by atoms with Crippen LogP contribution in [0.3, 0.4) is 0 Å². The maximum absolute atomic E-state index is 13.2. The van der Waals surface area contributed by atoms with E-state index in [9.17, 15) is 9.59 Å². The lowest BCUT2D eigenvalue weighted by atomic mass is 9.82. The average Bonchev–Trinajstić information content (AvgIpc) is 2.87. The Bertz CT molecular complexity index is 863. The highest BCUT2D eigenvalue weighted by Gasteiger charge is 2.54. The number of hydrogen-bond donors (Lipinski definition) is 1. The number of aryl methyl sites for hydroxylation is 2. The molecule has 2 saturated heterocycles. The van der Waals surface area contributed by atoms with Gasteiger partial charge < -0.3 is 10.1 Å². The van der Waals surface area contributed by atoms with Gasteiger partial charge in [-0.1, -0.05) is 42.0 Å². The van der Waals surface area contributed by atoms with Crippen LogP contribution in [0.2, 0.25) is 0 Å². The number of hydrogen-bond acceptors (Lipinski definition) is 3. The molecule has 26 heavy (non-hydrogen) atoms. The molecule has 0 radical (unpaired) electrons. The second-order valence-electron chi connectivity index (χ2n) is 7.46. The number of ketones is 1. The highest BCUT2D eigenvalue weighted by Crippen LogP contribution is 2.37. The van der Waals surface area contributed by atoms with Gasteiger partial charge in [-0.25, -0.2) is 0 Å². The molecule has 2 aromatic rings. The molecule has 0 aromatic heterocycles. The van der Waals surface area contributed by atoms with Crippen LogP contribution in [-0.2, 0) is 14.3 Å². The van der Waals surface area contributed by atoms with Crippen molar-refractivity contribution in [3.63, 3.8) is 0 Å². The average molecular weight is 349 g/mol. The smallest absolute Gasteiger partial charge is 0.236 e. The Balaban J connectivity index is 1.73. The molecule has 2 heterocycles. The van der Waals surface area contributed by atoms with Gasteiger partial charge in [-0.3, -0.25) is 9.59 Å². The topological polar surface area (TPSA) is 55.4 Å². The molecule has 2 aliphatic rings. The van der Waals surface area contributed by atoms with Crippen molar-refractivity contribution in [3.8, 4) is 11.1 Å². The lowest BCUT2D eigenvalue weighted by Crippen LogP contribution is -2.52. The van der Waals surface area contributed by atoms with Crippen LogP contribution in [0.1, 0.15) is 35.4 Å². The van der Waals surface area contributed by atoms with E-state index < -0.39 is 11.5 Å². The first-order valence-electron chi connectivity index (χ1n) is 9.12. The van der Waals surface area contributed by atoms with E-state index in [4.69, 9.17) is 4.74 Å². The molecule has 0 saturated carbocycles. The van der Waals surface area contributed by atoms with Crippen molar-refractivity contribution in [1.29, 1.82) is 0 Å². The predicted octanol–water partition coefficient (Wildman–Crippen LogP) is 3.30. The van der Waals surface area contributed by atoms with Crippen LogP contribution in [0, 0.1) is 13.8 Å². The summed E-state index contributed by atoms with van der Waals surface area (Å²) in [6.07, 6.45) is 1.45. The van der Waals surface area contributed by atoms with Gasteiger partial charge in [0.2, 0.25) is 5.91 Å². The lowest BCUT2D eigenvalue weighted by Gasteiger charge is -2.31. The molecule has 4 rings (SSSR count). The molecule has 2 atom stereocenters. The zero-order valence-corrected chi connectivity index (χ0v) is 15.2. The fourth-order valence-corrected chi connectivity index (χ4v) is 4.01. The number of rotatable bonds is 2. The Morgan fingerprint density at radius 2 is 1.77 bits per heavy atom. The zero-order chi connectivity index (χ0) is 18.3. The molecule has 4 nitrogen and oxygen atoms in total. The van der Waals surface area contributed by atoms with E-state index in [0.29, 0.717) is 13.0 Å². The summed E-state index contributed by atoms with van der Waals surface area (Å²) in [6, 6.07) is 14.3. The molecule has 134 valence electrons. The quantitative estimate of drug-likeness (QED) is 0.847. The molecule has 2 aliphatic heterocycles. The maximum atomic E-state index is 13.2. The number of benzene rings is 2. The minimum absolute atomic E-state index is 0.0497. The highest BCUT2D eigenvalue weighted by atomic mass is 16.5. The Morgan fingerprint density at radius 3 is 2.46 bits per heavy atom. The second-order valence-corrected chi connectivity index (χ2v) is 7.46. The monoisotopic (exact) mass is 349 g/mol. The van der Waals surface area contributed by atoms with Gasteiger partial charge in [-0.05, 0) is 55.0 Å². The van der Waals surface area contributed by atoms with Crippen LogP contribution >= 0.6 is 0 Å². The summed E-state index contributed by atoms with van der Waals surface area (Å²) in [5.74, 6) is -1.00. The summed E-state index contributed by atoms with van der Waals surface area (Å²) in [6.45, 7) is 4.94. The van der Waals surface area contributed by atoms with Crippen LogP contribution in [0.5, 0.6) is 0 Å². The SMILES string of the molecule is Cc1ccc(-c2ccc(C)c(C3C(=O)NC4(CCCOC4)C3=O)c2)cc1. The molecular weight excluding hydrogens is 326 g/mol. The van der Waals surface area contributed by atoms with Crippen molar-refractivity contribution in [2.24, 2.45) is 0 Å². The van der Waals surface area contributed by atoms with Gasteiger partial charge in [0.05, 0.1) is 6.61 Å². The first kappa shape index (κ1) is 17.0. The van der Waals surface area contributed by atoms with Crippen molar-refractivity contribution >= 4 is 11.7 Å². The van der Waals surface area contributed by atoms with Crippen LogP contribution in [-0.4, -0.2) is 30.4 Å². The van der Waals surface area contributed by atoms with Gasteiger partial charge >= 0.3 is 0 Å². The van der Waals surface area contributed by atoms with Gasteiger partial charge in [0, 0.05) is 6.61 Å². The molecule has 2 fully saturated rings. The molecule has 0 bridgehead atoms. The van der Waals surface area contributed by atoms with Gasteiger partial charge in [0.15, 0.2) is 5.78 Å². The van der Waals surface area contributed by atoms with E-state index in [1.807, 2.05) is 25.1 Å². The van der Waals surface area contributed by atoms with Crippen LogP contribution in [0.25, 0.3) is 11.1 Å². The molecular formula is C22H23NO3. The Hall–Kier alpha value is -2.46. The van der Waals surface area contributed by atoms with Crippen LogP contribution in [0.4, 0.5) is 0 Å². The summed E-state index contributed by atoms with van der Waals surface area (Å²) < 4.78 is 5.51. The zero-order valence-electron chi connectivity index (χ0n) is 15.2. The van der Waals surface area contributed by atoms with Crippen molar-refractivity contribution in [1.82, 2.24) is 5.32 Å². The fraction of sp³-hybridized carbons (Fsp3) is 0.364. The van der Waals surface area contributed by atoms with Crippen molar-refractivity contribution in [2.75, 3.05) is 13.2 Å². The minimum atomic E-state index is -0.841. The van der Waals surface area contributed by atoms with E-state index in [1.165, 1.54) is 5.56 Å². The Labute approximate surface area is 153 Å². The summed E-state index contributed by atoms with van der Waals surface area (Å²) in [7, 11) is 0. The number of amides is 1. The standard InChI is InChI=1S/C22H23NO3/c1-14-4-7-16(8-5-14)17-9-6-15(2)18(12-17)19-20(24)22(23-21(19)25)10-3-11-26-13-22/h4-9,12,19H,3,10-11,13H2,1-2H3,(H,23,25). The van der Waals surface area contributed by atoms with Gasteiger partial charge in [-0.2, -0.15) is 0 Å². The van der Waals surface area contributed by atoms with E-state index in [2.05, 4.69) is 36.5 Å². The Kier molecular flexibility index (Phi) is 4.16. The summed E-state index contributed by atoms with van der Waals surface area (Å²) in [5.41, 5.74) is 4.22. The van der Waals surface area contributed by atoms with Crippen molar-refractivity contribution in [2.45, 2.75) is 38.1 Å². The van der Waals surface area contributed by atoms with Crippen molar-refractivity contribution < 1.29 is 14.3 Å². The van der Waals surface area contributed by atoms with Crippen molar-refractivity contribution in [3.05, 3.63) is 59.2 Å². The summed E-state index contributed by atoms with van der Waals surface area (Å²) >= 11 is 0. The third-order valence-electron chi connectivity index (χ3n) is 5.57. The van der Waals surface area contributed by atoms with Crippen LogP contribution in [0.15, 0.2) is 42.5 Å². The van der Waals surface area contributed by atoms with Gasteiger partial charge in [-0.15, -0.1) is 0 Å². The molecule has 0 aliphatic carbocycles. The van der Waals surface area contributed by atoms with Gasteiger partial charge in [0.25, 0.3) is 0 Å². The lowest BCUT2D eigenvalue weighted by molar-refractivity contribution is -0.128. The summed E-state index contributed by atoms with van der Waals surface area (Å²) in [4.78, 5) is 25.9. The molecule has 2 aromatic carbocycles. The van der Waals surface area contributed by atoms with Gasteiger partial charge in [0.1, 0.15) is 11.5 Å². The third kappa shape index (κ3) is 2.74. The normalized spacial score (nSPS) is 25.5. The number of carbonyl (C=O) groups excluding carboxylic acids is 2. The Morgan fingerprint density at radius 1 is 1.04 bits per heavy atom. The van der Waals surface area contributed by atoms with E-state index in [1.54, 1.807) is 0 Å². The van der Waals surface area contributed by atoms with Crippen LogP contribution < -0.4 is 5.32 Å². The number of ether oxygens (including phenoxy) is 1. The van der Waals surface area contributed by atoms with E-state index in [-0.39, 0.29) is 18.3 Å². The first-order chi connectivity index (χ1) is 12.5. The largest absolute Gasteiger partial charge is 0.379 e. The molecule has 2 unspecified atom stereocenters. The number of nitrogens with one attached hydrogen (secondary N) is 1. The maximum Gasteiger partial charge on any atom is 0.236 e. The highest BCUT2D eigenvalue weighted by molar-refractivity contribution is 6.17.